The predicted octanol–water partition coefficient (Wildman–Crippen LogP) is 1.67. The zero-order chi connectivity index (χ0) is 14.0. The number of nitrogens with zero attached hydrogens (tertiary/aromatic N) is 1. The number of nitrogens with one attached hydrogen (secondary N) is 1. The Kier molecular flexibility index (Phi) is 3.59. The van der Waals surface area contributed by atoms with E-state index in [0.29, 0.717) is 29.9 Å². The molecule has 19 heavy (non-hydrogen) atoms. The fraction of sp³-hybridized carbons (Fsp3) is 0.615. The van der Waals surface area contributed by atoms with Crippen molar-refractivity contribution < 1.29 is 19.2 Å². The van der Waals surface area contributed by atoms with Crippen molar-refractivity contribution >= 4 is 11.9 Å². The lowest BCUT2D eigenvalue weighted by Crippen LogP contribution is -2.41. The molecule has 0 atom stereocenters. The Morgan fingerprint density at radius 2 is 2.00 bits per heavy atom. The number of carboxylic acids is 1. The summed E-state index contributed by atoms with van der Waals surface area (Å²) >= 11 is 0. The molecule has 1 aromatic rings. The van der Waals surface area contributed by atoms with Crippen molar-refractivity contribution in [2.24, 2.45) is 5.41 Å². The molecule has 0 saturated heterocycles. The summed E-state index contributed by atoms with van der Waals surface area (Å²) in [6.07, 6.45) is 3.02. The number of carbonyl (C=O) groups excluding carboxylic acids is 1. The zero-order valence-electron chi connectivity index (χ0n) is 11.2. The molecule has 1 aromatic heterocycles. The van der Waals surface area contributed by atoms with Crippen LogP contribution in [0.5, 0.6) is 0 Å². The Labute approximate surface area is 111 Å². The maximum absolute atomic E-state index is 12.1. The van der Waals surface area contributed by atoms with Gasteiger partial charge in [-0.15, -0.1) is 0 Å². The Morgan fingerprint density at radius 1 is 1.37 bits per heavy atom. The van der Waals surface area contributed by atoms with Gasteiger partial charge in [0, 0.05) is 6.54 Å². The molecule has 1 aliphatic carbocycles. The first kappa shape index (κ1) is 13.6. The molecule has 6 heteroatoms. The van der Waals surface area contributed by atoms with Gasteiger partial charge in [0.15, 0.2) is 0 Å². The third-order valence-electron chi connectivity index (χ3n) is 3.86. The summed E-state index contributed by atoms with van der Waals surface area (Å²) < 4.78 is 4.93. The van der Waals surface area contributed by atoms with Gasteiger partial charge in [0.05, 0.1) is 11.1 Å². The molecule has 0 aliphatic heterocycles. The summed E-state index contributed by atoms with van der Waals surface area (Å²) in [4.78, 5) is 23.4. The van der Waals surface area contributed by atoms with Crippen molar-refractivity contribution in [2.75, 3.05) is 6.54 Å². The van der Waals surface area contributed by atoms with Gasteiger partial charge in [0.1, 0.15) is 11.3 Å². The quantitative estimate of drug-likeness (QED) is 0.864. The van der Waals surface area contributed by atoms with Crippen molar-refractivity contribution in [3.8, 4) is 0 Å². The van der Waals surface area contributed by atoms with E-state index in [9.17, 15) is 14.7 Å². The van der Waals surface area contributed by atoms with E-state index < -0.39 is 11.4 Å². The summed E-state index contributed by atoms with van der Waals surface area (Å²) in [5, 5.41) is 15.8. The second-order valence-electron chi connectivity index (χ2n) is 5.17. The fourth-order valence-corrected chi connectivity index (χ4v) is 2.66. The highest BCUT2D eigenvalue weighted by molar-refractivity contribution is 5.96. The molecule has 2 N–H and O–H groups in total. The molecule has 0 aromatic carbocycles. The average molecular weight is 266 g/mol. The summed E-state index contributed by atoms with van der Waals surface area (Å²) in [5.74, 6) is -0.696. The smallest absolute Gasteiger partial charge is 0.311 e. The van der Waals surface area contributed by atoms with Gasteiger partial charge in [0.2, 0.25) is 0 Å². The van der Waals surface area contributed by atoms with E-state index >= 15 is 0 Å². The molecule has 104 valence electrons. The third kappa shape index (κ3) is 2.47. The van der Waals surface area contributed by atoms with Gasteiger partial charge in [-0.2, -0.15) is 0 Å². The van der Waals surface area contributed by atoms with Crippen LogP contribution < -0.4 is 5.32 Å². The molecule has 0 spiro atoms. The van der Waals surface area contributed by atoms with Crippen molar-refractivity contribution in [1.29, 1.82) is 0 Å². The highest BCUT2D eigenvalue weighted by Crippen LogP contribution is 2.37. The Hall–Kier alpha value is -1.85. The van der Waals surface area contributed by atoms with Crippen LogP contribution in [0, 0.1) is 19.3 Å². The SMILES string of the molecule is Cc1noc(C)c1C(=O)NCC1(C(=O)O)CCCC1. The zero-order valence-corrected chi connectivity index (χ0v) is 11.2. The number of aromatic nitrogens is 1. The molecular formula is C13H18N2O4. The van der Waals surface area contributed by atoms with Crippen LogP contribution in [0.3, 0.4) is 0 Å². The number of aliphatic carboxylic acids is 1. The topological polar surface area (TPSA) is 92.4 Å². The number of carboxylic acid groups (broad SMARTS) is 1. The maximum Gasteiger partial charge on any atom is 0.311 e. The molecule has 1 saturated carbocycles. The first-order chi connectivity index (χ1) is 8.96. The van der Waals surface area contributed by atoms with Gasteiger partial charge in [-0.1, -0.05) is 18.0 Å². The number of aryl methyl sites for hydroxylation is 2. The monoisotopic (exact) mass is 266 g/mol. The standard InChI is InChI=1S/C13H18N2O4/c1-8-10(9(2)19-15-8)11(16)14-7-13(12(17)18)5-3-4-6-13/h3-7H2,1-2H3,(H,14,16)(H,17,18). The molecule has 0 radical (unpaired) electrons. The van der Waals surface area contributed by atoms with Crippen molar-refractivity contribution in [1.82, 2.24) is 10.5 Å². The molecule has 1 heterocycles. The van der Waals surface area contributed by atoms with Crippen molar-refractivity contribution in [2.45, 2.75) is 39.5 Å². The largest absolute Gasteiger partial charge is 0.481 e. The molecule has 1 fully saturated rings. The number of carbonyl (C=O) groups is 2. The van der Waals surface area contributed by atoms with Gasteiger partial charge >= 0.3 is 5.97 Å². The van der Waals surface area contributed by atoms with Crippen LogP contribution in [-0.2, 0) is 4.79 Å². The summed E-state index contributed by atoms with van der Waals surface area (Å²) in [6.45, 7) is 3.51. The van der Waals surface area contributed by atoms with E-state index in [-0.39, 0.29) is 12.5 Å². The van der Waals surface area contributed by atoms with Gasteiger partial charge < -0.3 is 14.9 Å². The second kappa shape index (κ2) is 5.03. The lowest BCUT2D eigenvalue weighted by molar-refractivity contribution is -0.148. The highest BCUT2D eigenvalue weighted by atomic mass is 16.5. The minimum atomic E-state index is -0.830. The van der Waals surface area contributed by atoms with Gasteiger partial charge in [0.25, 0.3) is 5.91 Å². The first-order valence-electron chi connectivity index (χ1n) is 6.41. The number of hydrogen-bond donors (Lipinski definition) is 2. The average Bonchev–Trinajstić information content (AvgIpc) is 2.95. The second-order valence-corrected chi connectivity index (χ2v) is 5.17. The van der Waals surface area contributed by atoms with Crippen LogP contribution in [0.1, 0.15) is 47.5 Å². The van der Waals surface area contributed by atoms with Crippen LogP contribution in [0.15, 0.2) is 4.52 Å². The summed E-state index contributed by atoms with van der Waals surface area (Å²) in [6, 6.07) is 0. The summed E-state index contributed by atoms with van der Waals surface area (Å²) in [7, 11) is 0. The molecule has 6 nitrogen and oxygen atoms in total. The lowest BCUT2D eigenvalue weighted by Gasteiger charge is -2.23. The molecule has 0 bridgehead atoms. The van der Waals surface area contributed by atoms with Crippen molar-refractivity contribution in [3.05, 3.63) is 17.0 Å². The minimum Gasteiger partial charge on any atom is -0.481 e. The van der Waals surface area contributed by atoms with Gasteiger partial charge in [-0.25, -0.2) is 0 Å². The molecular weight excluding hydrogens is 248 g/mol. The van der Waals surface area contributed by atoms with Crippen molar-refractivity contribution in [3.63, 3.8) is 0 Å². The van der Waals surface area contributed by atoms with E-state index in [1.165, 1.54) is 0 Å². The maximum atomic E-state index is 12.1. The van der Waals surface area contributed by atoms with Crippen LogP contribution >= 0.6 is 0 Å². The fourth-order valence-electron chi connectivity index (χ4n) is 2.66. The molecule has 1 amide bonds. The van der Waals surface area contributed by atoms with Gasteiger partial charge in [-0.3, -0.25) is 9.59 Å². The van der Waals surface area contributed by atoms with Crippen LogP contribution in [0.2, 0.25) is 0 Å². The number of hydrogen-bond acceptors (Lipinski definition) is 4. The Bertz CT molecular complexity index is 481. The molecule has 0 unspecified atom stereocenters. The lowest BCUT2D eigenvalue weighted by atomic mass is 9.86. The van der Waals surface area contributed by atoms with Crippen LogP contribution in [-0.4, -0.2) is 28.7 Å². The first-order valence-corrected chi connectivity index (χ1v) is 6.41. The summed E-state index contributed by atoms with van der Waals surface area (Å²) in [5.41, 5.74) is 0.110. The molecule has 1 aliphatic rings. The predicted molar refractivity (Wildman–Crippen MR) is 66.8 cm³/mol. The number of amides is 1. The van der Waals surface area contributed by atoms with Gasteiger partial charge in [-0.05, 0) is 26.7 Å². The van der Waals surface area contributed by atoms with E-state index in [0.717, 1.165) is 12.8 Å². The van der Waals surface area contributed by atoms with E-state index in [2.05, 4.69) is 10.5 Å². The molecule has 2 rings (SSSR count). The van der Waals surface area contributed by atoms with E-state index in [1.807, 2.05) is 0 Å². The normalized spacial score (nSPS) is 17.4. The number of rotatable bonds is 4. The van der Waals surface area contributed by atoms with E-state index in [1.54, 1.807) is 13.8 Å². The van der Waals surface area contributed by atoms with Crippen LogP contribution in [0.25, 0.3) is 0 Å². The third-order valence-corrected chi connectivity index (χ3v) is 3.86. The highest BCUT2D eigenvalue weighted by Gasteiger charge is 2.41. The Balaban J connectivity index is 2.06. The van der Waals surface area contributed by atoms with Crippen LogP contribution in [0.4, 0.5) is 0 Å². The Morgan fingerprint density at radius 3 is 2.47 bits per heavy atom. The van der Waals surface area contributed by atoms with E-state index in [4.69, 9.17) is 4.52 Å². The minimum absolute atomic E-state index is 0.158.